The van der Waals surface area contributed by atoms with Crippen molar-refractivity contribution in [1.82, 2.24) is 10.3 Å². The van der Waals surface area contributed by atoms with Gasteiger partial charge in [0.15, 0.2) is 5.78 Å². The number of likely N-dealkylation sites (N-methyl/N-ethyl adjacent to an activating group) is 1. The van der Waals surface area contributed by atoms with Crippen molar-refractivity contribution in [3.63, 3.8) is 0 Å². The first kappa shape index (κ1) is 7.02. The van der Waals surface area contributed by atoms with Crippen LogP contribution in [0.2, 0.25) is 0 Å². The van der Waals surface area contributed by atoms with Gasteiger partial charge in [-0.15, -0.1) is 0 Å². The van der Waals surface area contributed by atoms with Crippen LogP contribution in [0.1, 0.15) is 10.5 Å². The van der Waals surface area contributed by atoms with Crippen molar-refractivity contribution < 1.29 is 4.79 Å². The fourth-order valence-electron chi connectivity index (χ4n) is 0.760. The van der Waals surface area contributed by atoms with E-state index >= 15 is 0 Å². The lowest BCUT2D eigenvalue weighted by atomic mass is 10.3. The second-order valence-electron chi connectivity index (χ2n) is 2.04. The van der Waals surface area contributed by atoms with E-state index in [1.165, 1.54) is 0 Å². The Morgan fingerprint density at radius 2 is 2.60 bits per heavy atom. The van der Waals surface area contributed by atoms with Crippen LogP contribution in [0.5, 0.6) is 0 Å². The number of H-pyrrole nitrogens is 1. The van der Waals surface area contributed by atoms with Gasteiger partial charge in [0.25, 0.3) is 0 Å². The second-order valence-corrected chi connectivity index (χ2v) is 2.04. The number of carbonyl (C=O) groups is 1. The highest BCUT2D eigenvalue weighted by molar-refractivity contribution is 5.95. The minimum atomic E-state index is 0.0903. The maximum absolute atomic E-state index is 11.0. The van der Waals surface area contributed by atoms with Gasteiger partial charge in [-0.05, 0) is 19.2 Å². The summed E-state index contributed by atoms with van der Waals surface area (Å²) in [5.74, 6) is 0.0903. The van der Waals surface area contributed by atoms with Gasteiger partial charge in [0.1, 0.15) is 0 Å². The molecule has 0 aliphatic rings. The van der Waals surface area contributed by atoms with Crippen LogP contribution in [0.15, 0.2) is 18.3 Å². The number of ketones is 1. The predicted molar refractivity (Wildman–Crippen MR) is 39.0 cm³/mol. The highest BCUT2D eigenvalue weighted by Crippen LogP contribution is 1.93. The summed E-state index contributed by atoms with van der Waals surface area (Å²) in [6, 6.07) is 3.57. The summed E-state index contributed by atoms with van der Waals surface area (Å²) < 4.78 is 0. The Morgan fingerprint density at radius 3 is 3.10 bits per heavy atom. The lowest BCUT2D eigenvalue weighted by Crippen LogP contribution is -2.18. The zero-order chi connectivity index (χ0) is 7.40. The zero-order valence-electron chi connectivity index (χ0n) is 5.85. The lowest BCUT2D eigenvalue weighted by Gasteiger charge is -1.93. The molecule has 54 valence electrons. The molecule has 0 spiro atoms. The topological polar surface area (TPSA) is 44.9 Å². The van der Waals surface area contributed by atoms with E-state index in [1.807, 2.05) is 6.07 Å². The van der Waals surface area contributed by atoms with Crippen LogP contribution in [-0.4, -0.2) is 24.4 Å². The molecular weight excluding hydrogens is 128 g/mol. The van der Waals surface area contributed by atoms with E-state index in [-0.39, 0.29) is 5.78 Å². The Balaban J connectivity index is 2.59. The molecule has 10 heavy (non-hydrogen) atoms. The Kier molecular flexibility index (Phi) is 2.23. The van der Waals surface area contributed by atoms with Gasteiger partial charge in [0, 0.05) is 6.20 Å². The number of rotatable bonds is 3. The summed E-state index contributed by atoms with van der Waals surface area (Å²) in [6.45, 7) is 0.389. The first-order valence-corrected chi connectivity index (χ1v) is 3.16. The number of hydrogen-bond acceptors (Lipinski definition) is 2. The SMILES string of the molecule is CNCC(=O)c1ccc[nH]1. The van der Waals surface area contributed by atoms with Gasteiger partial charge >= 0.3 is 0 Å². The number of nitrogens with one attached hydrogen (secondary N) is 2. The largest absolute Gasteiger partial charge is 0.359 e. The Morgan fingerprint density at radius 1 is 1.80 bits per heavy atom. The maximum atomic E-state index is 11.0. The Hall–Kier alpha value is -1.09. The standard InChI is InChI=1S/C7H10N2O/c1-8-5-7(10)6-3-2-4-9-6/h2-4,8-9H,5H2,1H3. The van der Waals surface area contributed by atoms with Crippen molar-refractivity contribution in [2.45, 2.75) is 0 Å². The summed E-state index contributed by atoms with van der Waals surface area (Å²) in [7, 11) is 1.75. The molecule has 1 rings (SSSR count). The normalized spacial score (nSPS) is 9.70. The van der Waals surface area contributed by atoms with Gasteiger partial charge in [-0.3, -0.25) is 4.79 Å². The van der Waals surface area contributed by atoms with Crippen molar-refractivity contribution in [3.8, 4) is 0 Å². The van der Waals surface area contributed by atoms with Gasteiger partial charge in [-0.25, -0.2) is 0 Å². The number of carbonyl (C=O) groups excluding carboxylic acids is 1. The fraction of sp³-hybridized carbons (Fsp3) is 0.286. The van der Waals surface area contributed by atoms with Gasteiger partial charge < -0.3 is 10.3 Å². The van der Waals surface area contributed by atoms with Crippen LogP contribution in [0.4, 0.5) is 0 Å². The van der Waals surface area contributed by atoms with Crippen LogP contribution < -0.4 is 5.32 Å². The number of aromatic nitrogens is 1. The fourth-order valence-corrected chi connectivity index (χ4v) is 0.760. The van der Waals surface area contributed by atoms with Crippen LogP contribution in [0.25, 0.3) is 0 Å². The molecule has 0 radical (unpaired) electrons. The van der Waals surface area contributed by atoms with Crippen molar-refractivity contribution in [2.24, 2.45) is 0 Å². The molecule has 3 nitrogen and oxygen atoms in total. The van der Waals surface area contributed by atoms with Gasteiger partial charge in [0.05, 0.1) is 12.2 Å². The molecule has 0 fully saturated rings. The number of hydrogen-bond donors (Lipinski definition) is 2. The third-order valence-electron chi connectivity index (χ3n) is 1.24. The summed E-state index contributed by atoms with van der Waals surface area (Å²) in [5, 5.41) is 2.79. The quantitative estimate of drug-likeness (QED) is 0.594. The molecule has 1 aromatic rings. The number of Topliss-reactive ketones (excluding diaryl/α,β-unsaturated/α-hetero) is 1. The first-order chi connectivity index (χ1) is 4.84. The molecule has 0 saturated heterocycles. The van der Waals surface area contributed by atoms with Crippen LogP contribution >= 0.6 is 0 Å². The average molecular weight is 138 g/mol. The minimum absolute atomic E-state index is 0.0903. The van der Waals surface area contributed by atoms with Crippen molar-refractivity contribution >= 4 is 5.78 Å². The molecule has 0 aliphatic heterocycles. The van der Waals surface area contributed by atoms with Crippen molar-refractivity contribution in [1.29, 1.82) is 0 Å². The smallest absolute Gasteiger partial charge is 0.192 e. The molecule has 0 aliphatic carbocycles. The molecule has 0 saturated carbocycles. The van der Waals surface area contributed by atoms with Gasteiger partial charge in [-0.1, -0.05) is 0 Å². The molecule has 3 heteroatoms. The molecule has 0 amide bonds. The van der Waals surface area contributed by atoms with E-state index in [0.717, 1.165) is 0 Å². The van der Waals surface area contributed by atoms with E-state index < -0.39 is 0 Å². The molecule has 0 aromatic carbocycles. The average Bonchev–Trinajstić information content (AvgIpc) is 2.38. The summed E-state index contributed by atoms with van der Waals surface area (Å²) in [5.41, 5.74) is 0.661. The van der Waals surface area contributed by atoms with E-state index in [2.05, 4.69) is 10.3 Å². The van der Waals surface area contributed by atoms with Crippen LogP contribution in [0.3, 0.4) is 0 Å². The number of aromatic amines is 1. The van der Waals surface area contributed by atoms with E-state index in [0.29, 0.717) is 12.2 Å². The molecule has 0 bridgehead atoms. The van der Waals surface area contributed by atoms with Crippen LogP contribution in [0, 0.1) is 0 Å². The summed E-state index contributed by atoms with van der Waals surface area (Å²) >= 11 is 0. The first-order valence-electron chi connectivity index (χ1n) is 3.16. The van der Waals surface area contributed by atoms with E-state index in [4.69, 9.17) is 0 Å². The molecular formula is C7H10N2O. The monoisotopic (exact) mass is 138 g/mol. The van der Waals surface area contributed by atoms with Crippen molar-refractivity contribution in [2.75, 3.05) is 13.6 Å². The zero-order valence-corrected chi connectivity index (χ0v) is 5.85. The molecule has 0 atom stereocenters. The molecule has 0 unspecified atom stereocenters. The van der Waals surface area contributed by atoms with E-state index in [9.17, 15) is 4.79 Å². The second kappa shape index (κ2) is 3.17. The van der Waals surface area contributed by atoms with Gasteiger partial charge in [0.2, 0.25) is 0 Å². The highest BCUT2D eigenvalue weighted by Gasteiger charge is 2.02. The molecule has 1 heterocycles. The third kappa shape index (κ3) is 1.45. The third-order valence-corrected chi connectivity index (χ3v) is 1.24. The minimum Gasteiger partial charge on any atom is -0.359 e. The molecule has 1 aromatic heterocycles. The molecule has 2 N–H and O–H groups in total. The summed E-state index contributed by atoms with van der Waals surface area (Å²) in [6.07, 6.45) is 1.74. The summed E-state index contributed by atoms with van der Waals surface area (Å²) in [4.78, 5) is 13.8. The van der Waals surface area contributed by atoms with E-state index in [1.54, 1.807) is 19.3 Å². The van der Waals surface area contributed by atoms with Crippen molar-refractivity contribution in [3.05, 3.63) is 24.0 Å². The highest BCUT2D eigenvalue weighted by atomic mass is 16.1. The van der Waals surface area contributed by atoms with Gasteiger partial charge in [-0.2, -0.15) is 0 Å². The Labute approximate surface area is 59.4 Å². The maximum Gasteiger partial charge on any atom is 0.192 e. The predicted octanol–water partition coefficient (Wildman–Crippen LogP) is 0.417. The van der Waals surface area contributed by atoms with Crippen LogP contribution in [-0.2, 0) is 0 Å². The Bertz CT molecular complexity index is 203. The lowest BCUT2D eigenvalue weighted by molar-refractivity contribution is 0.0989.